The van der Waals surface area contributed by atoms with Crippen molar-refractivity contribution in [1.29, 1.82) is 0 Å². The van der Waals surface area contributed by atoms with Gasteiger partial charge in [0.1, 0.15) is 0 Å². The second-order valence-electron chi connectivity index (χ2n) is 9.00. The van der Waals surface area contributed by atoms with E-state index in [4.69, 9.17) is 38.0 Å². The van der Waals surface area contributed by atoms with Gasteiger partial charge in [0.2, 0.25) is 11.9 Å². The minimum absolute atomic E-state index is 0.292. The second kappa shape index (κ2) is 17.1. The number of aromatic nitrogens is 6. The lowest BCUT2D eigenvalue weighted by atomic mass is 10.1. The third-order valence-corrected chi connectivity index (χ3v) is 12.4. The summed E-state index contributed by atoms with van der Waals surface area (Å²) in [6.45, 7) is 18.0. The highest BCUT2D eigenvalue weighted by Crippen LogP contribution is 2.23. The van der Waals surface area contributed by atoms with Gasteiger partial charge in [0.15, 0.2) is 11.6 Å². The quantitative estimate of drug-likeness (QED) is 0.189. The molecule has 0 atom stereocenters. The van der Waals surface area contributed by atoms with E-state index in [9.17, 15) is 0 Å². The van der Waals surface area contributed by atoms with Crippen molar-refractivity contribution >= 4 is 29.5 Å². The van der Waals surface area contributed by atoms with Gasteiger partial charge in [-0.25, -0.2) is 9.36 Å². The molecular weight excluding hydrogens is 552 g/mol. The Labute approximate surface area is 240 Å². The lowest BCUT2D eigenvalue weighted by molar-refractivity contribution is 0.0696. The van der Waals surface area contributed by atoms with E-state index in [1.54, 1.807) is 9.36 Å². The topological polar surface area (TPSA) is 169 Å². The average molecular weight is 603 g/mol. The lowest BCUT2D eigenvalue weighted by Crippen LogP contribution is -2.46. The molecule has 0 saturated heterocycles. The maximum absolute atomic E-state index is 6.20. The highest BCUT2D eigenvalue weighted by Gasteiger charge is 2.40. The first-order chi connectivity index (χ1) is 19.2. The number of nitrogens with zero attached hydrogens (tertiary/aromatic N) is 6. The summed E-state index contributed by atoms with van der Waals surface area (Å²) < 4.78 is 39.0. The summed E-state index contributed by atoms with van der Waals surface area (Å²) in [7, 11) is -5.47. The summed E-state index contributed by atoms with van der Waals surface area (Å²) in [5.41, 5.74) is 12.4. The van der Waals surface area contributed by atoms with Crippen LogP contribution in [-0.4, -0.2) is 86.8 Å². The summed E-state index contributed by atoms with van der Waals surface area (Å²) >= 11 is 0. The Kier molecular flexibility index (Phi) is 14.7. The molecule has 0 unspecified atom stereocenters. The van der Waals surface area contributed by atoms with Crippen molar-refractivity contribution < 1.29 is 26.6 Å². The summed E-state index contributed by atoms with van der Waals surface area (Å²) in [5.74, 6) is 1.44. The molecule has 0 bridgehead atoms. The van der Waals surface area contributed by atoms with E-state index in [1.165, 1.54) is 0 Å². The van der Waals surface area contributed by atoms with Crippen molar-refractivity contribution in [3.63, 3.8) is 0 Å². The first kappa shape index (κ1) is 34.3. The average Bonchev–Trinajstić information content (AvgIpc) is 3.46. The molecule has 0 aliphatic rings. The van der Waals surface area contributed by atoms with E-state index in [1.807, 2.05) is 48.5 Å². The Balaban J connectivity index is 2.04. The smallest absolute Gasteiger partial charge is 0.374 e. The van der Waals surface area contributed by atoms with Gasteiger partial charge < -0.3 is 38.0 Å². The van der Waals surface area contributed by atoms with Crippen LogP contribution in [0.2, 0.25) is 12.1 Å². The highest BCUT2D eigenvalue weighted by molar-refractivity contribution is 6.61. The number of nitrogens with two attached hydrogens (primary N) is 2. The molecule has 16 heteroatoms. The van der Waals surface area contributed by atoms with Gasteiger partial charge in [-0.3, -0.25) is 0 Å². The molecule has 0 aliphatic carbocycles. The number of rotatable bonds is 22. The molecule has 0 fully saturated rings. The van der Waals surface area contributed by atoms with Crippen molar-refractivity contribution in [2.24, 2.45) is 0 Å². The summed E-state index contributed by atoms with van der Waals surface area (Å²) in [6, 6.07) is 1.32. The molecule has 0 amide bonds. The van der Waals surface area contributed by atoms with Crippen LogP contribution in [0.15, 0.2) is 0 Å². The molecule has 0 radical (unpaired) electrons. The fraction of sp³-hybridized carbons (Fsp3) is 0.833. The SMILES string of the molecule is CCO[Si](CCCn1nc(C(C)c2nc(N)n(CCC[Si](OCC)(OCC)OCC)n2)nc1N)(OCC)OCC. The van der Waals surface area contributed by atoms with Crippen LogP contribution < -0.4 is 11.5 Å². The minimum Gasteiger partial charge on any atom is -0.374 e. The summed E-state index contributed by atoms with van der Waals surface area (Å²) in [4.78, 5) is 8.96. The molecule has 2 heterocycles. The van der Waals surface area contributed by atoms with E-state index in [2.05, 4.69) is 20.2 Å². The third-order valence-electron chi connectivity index (χ3n) is 6.10. The molecular formula is C24H50N8O6Si2. The first-order valence-corrected chi connectivity index (χ1v) is 18.3. The maximum Gasteiger partial charge on any atom is 0.500 e. The van der Waals surface area contributed by atoms with E-state index in [0.29, 0.717) is 88.4 Å². The summed E-state index contributed by atoms with van der Waals surface area (Å²) in [5, 5.41) is 9.28. The number of anilines is 2. The van der Waals surface area contributed by atoms with Crippen LogP contribution in [0.5, 0.6) is 0 Å². The van der Waals surface area contributed by atoms with Gasteiger partial charge in [-0.1, -0.05) is 0 Å². The molecule has 2 rings (SSSR count). The van der Waals surface area contributed by atoms with Gasteiger partial charge in [-0.2, -0.15) is 20.2 Å². The number of nitrogen functional groups attached to an aromatic ring is 2. The van der Waals surface area contributed by atoms with Crippen LogP contribution in [0.25, 0.3) is 0 Å². The molecule has 4 N–H and O–H groups in total. The van der Waals surface area contributed by atoms with Crippen LogP contribution >= 0.6 is 0 Å². The Morgan fingerprint density at radius 3 is 1.18 bits per heavy atom. The predicted octanol–water partition coefficient (Wildman–Crippen LogP) is 3.06. The lowest BCUT2D eigenvalue weighted by Gasteiger charge is -2.28. The zero-order valence-electron chi connectivity index (χ0n) is 25.4. The third kappa shape index (κ3) is 9.58. The largest absolute Gasteiger partial charge is 0.500 e. The van der Waals surface area contributed by atoms with Gasteiger partial charge in [-0.15, -0.1) is 0 Å². The van der Waals surface area contributed by atoms with Crippen molar-refractivity contribution in [3.05, 3.63) is 11.6 Å². The van der Waals surface area contributed by atoms with Crippen molar-refractivity contribution in [1.82, 2.24) is 29.5 Å². The molecule has 0 aliphatic heterocycles. The second-order valence-corrected chi connectivity index (χ2v) is 14.5. The Morgan fingerprint density at radius 2 is 0.900 bits per heavy atom. The molecule has 0 saturated carbocycles. The normalized spacial score (nSPS) is 12.6. The maximum atomic E-state index is 6.20. The van der Waals surface area contributed by atoms with Crippen molar-refractivity contribution in [2.45, 2.75) is 92.4 Å². The van der Waals surface area contributed by atoms with Gasteiger partial charge in [-0.05, 0) is 61.3 Å². The van der Waals surface area contributed by atoms with Crippen LogP contribution in [0.4, 0.5) is 11.9 Å². The standard InChI is InChI=1S/C24H50N8O6Si2/c1-8-33-39(34-9-2,35-10-3)18-14-16-31-23(25)27-21(29-31)20(7)22-28-24(26)32(30-22)17-15-19-40(36-11-4,37-12-5)38-13-6/h20H,8-19H2,1-7H3,(H2,25,27,29)(H2,26,28,30). The van der Waals surface area contributed by atoms with Crippen LogP contribution in [0.1, 0.15) is 78.9 Å². The molecule has 0 spiro atoms. The number of hydrogen-bond donors (Lipinski definition) is 2. The zero-order valence-corrected chi connectivity index (χ0v) is 27.4. The Bertz CT molecular complexity index is 884. The first-order valence-electron chi connectivity index (χ1n) is 14.5. The Hall–Kier alpha value is -1.93. The predicted molar refractivity (Wildman–Crippen MR) is 156 cm³/mol. The molecule has 14 nitrogen and oxygen atoms in total. The van der Waals surface area contributed by atoms with Crippen LogP contribution in [0, 0.1) is 0 Å². The zero-order chi connectivity index (χ0) is 29.6. The molecule has 40 heavy (non-hydrogen) atoms. The van der Waals surface area contributed by atoms with Gasteiger partial charge in [0.05, 0.1) is 5.92 Å². The van der Waals surface area contributed by atoms with Crippen molar-refractivity contribution in [3.8, 4) is 0 Å². The highest BCUT2D eigenvalue weighted by atomic mass is 28.4. The van der Waals surface area contributed by atoms with E-state index in [-0.39, 0.29) is 5.92 Å². The Morgan fingerprint density at radius 1 is 0.600 bits per heavy atom. The summed E-state index contributed by atoms with van der Waals surface area (Å²) in [6.07, 6.45) is 1.45. The van der Waals surface area contributed by atoms with Gasteiger partial charge in [0.25, 0.3) is 0 Å². The molecule has 2 aromatic heterocycles. The molecule has 230 valence electrons. The van der Waals surface area contributed by atoms with E-state index < -0.39 is 17.6 Å². The van der Waals surface area contributed by atoms with Crippen LogP contribution in [0.3, 0.4) is 0 Å². The fourth-order valence-corrected chi connectivity index (χ4v) is 9.64. The van der Waals surface area contributed by atoms with Crippen LogP contribution in [-0.2, 0) is 39.6 Å². The fourth-order valence-electron chi connectivity index (χ4n) is 4.45. The number of hydrogen-bond acceptors (Lipinski definition) is 12. The van der Waals surface area contributed by atoms with E-state index in [0.717, 1.165) is 12.8 Å². The number of aryl methyl sites for hydroxylation is 2. The van der Waals surface area contributed by atoms with Crippen molar-refractivity contribution in [2.75, 3.05) is 51.1 Å². The monoisotopic (exact) mass is 602 g/mol. The van der Waals surface area contributed by atoms with Gasteiger partial charge >= 0.3 is 17.6 Å². The molecule has 0 aromatic carbocycles. The molecule has 2 aromatic rings. The van der Waals surface area contributed by atoms with E-state index >= 15 is 0 Å². The van der Waals surface area contributed by atoms with Gasteiger partial charge in [0, 0.05) is 64.8 Å². The minimum atomic E-state index is -2.74.